The van der Waals surface area contributed by atoms with E-state index >= 15 is 0 Å². The number of ketones is 1. The first kappa shape index (κ1) is 19.4. The zero-order chi connectivity index (χ0) is 20.7. The van der Waals surface area contributed by atoms with Gasteiger partial charge in [-0.2, -0.15) is 0 Å². The highest BCUT2D eigenvalue weighted by atomic mass is 32.1. The molecule has 0 aliphatic carbocycles. The van der Waals surface area contributed by atoms with Gasteiger partial charge >= 0.3 is 0 Å². The monoisotopic (exact) mass is 426 g/mol. The Kier molecular flexibility index (Phi) is 4.97. The maximum Gasteiger partial charge on any atom is 0.296 e. The highest BCUT2D eigenvalue weighted by molar-refractivity contribution is 7.16. The molecule has 4 rings (SSSR count). The number of Topliss-reactive ketones (excluding diaryl/α,β-unsaturated/α-hetero) is 1. The Morgan fingerprint density at radius 3 is 2.66 bits per heavy atom. The molecule has 0 fully saturated rings. The molecule has 1 atom stereocenters. The first-order chi connectivity index (χ1) is 13.9. The summed E-state index contributed by atoms with van der Waals surface area (Å²) in [4.78, 5) is 33.6. The van der Waals surface area contributed by atoms with Crippen molar-refractivity contribution in [2.24, 2.45) is 0 Å². The standard InChI is InChI=1S/C21H18N2O4S2/c1-11-12(2)29-21(22-11)23-17(13-6-4-7-14(10-13)27-3)16(19(25)20(23)26)18(24)15-8-5-9-28-15/h4-10,17,25H,1-3H3/t17-/m1/s1. The number of hydrogen-bond acceptors (Lipinski definition) is 7. The number of aromatic nitrogens is 1. The molecule has 0 saturated heterocycles. The maximum absolute atomic E-state index is 13.2. The summed E-state index contributed by atoms with van der Waals surface area (Å²) in [7, 11) is 1.55. The number of thiazole rings is 1. The Labute approximate surface area is 175 Å². The van der Waals surface area contributed by atoms with Gasteiger partial charge in [-0.25, -0.2) is 4.98 Å². The number of hydrogen-bond donors (Lipinski definition) is 1. The van der Waals surface area contributed by atoms with Gasteiger partial charge in [0.15, 0.2) is 10.9 Å². The number of nitrogens with zero attached hydrogens (tertiary/aromatic N) is 2. The van der Waals surface area contributed by atoms with E-state index in [1.165, 1.54) is 27.6 Å². The average molecular weight is 427 g/mol. The minimum atomic E-state index is -0.794. The van der Waals surface area contributed by atoms with Crippen molar-refractivity contribution in [3.05, 3.63) is 74.1 Å². The van der Waals surface area contributed by atoms with Crippen LogP contribution in [-0.2, 0) is 4.79 Å². The Hall–Kier alpha value is -2.97. The summed E-state index contributed by atoms with van der Waals surface area (Å²) in [6.07, 6.45) is 0. The molecule has 8 heteroatoms. The van der Waals surface area contributed by atoms with E-state index in [1.807, 2.05) is 13.8 Å². The van der Waals surface area contributed by atoms with Crippen LogP contribution in [0.4, 0.5) is 5.13 Å². The van der Waals surface area contributed by atoms with E-state index in [2.05, 4.69) is 4.98 Å². The summed E-state index contributed by atoms with van der Waals surface area (Å²) in [5, 5.41) is 12.9. The van der Waals surface area contributed by atoms with Gasteiger partial charge in [-0.1, -0.05) is 18.2 Å². The largest absolute Gasteiger partial charge is 0.503 e. The van der Waals surface area contributed by atoms with Crippen molar-refractivity contribution in [2.75, 3.05) is 12.0 Å². The molecule has 1 aromatic carbocycles. The van der Waals surface area contributed by atoms with E-state index in [0.717, 1.165) is 10.6 Å². The lowest BCUT2D eigenvalue weighted by molar-refractivity contribution is -0.117. The van der Waals surface area contributed by atoms with Gasteiger partial charge in [-0.05, 0) is 43.0 Å². The van der Waals surface area contributed by atoms with Gasteiger partial charge in [-0.15, -0.1) is 22.7 Å². The van der Waals surface area contributed by atoms with Crippen LogP contribution in [0.25, 0.3) is 0 Å². The van der Waals surface area contributed by atoms with Crippen molar-refractivity contribution in [3.8, 4) is 5.75 Å². The van der Waals surface area contributed by atoms with Gasteiger partial charge in [0.1, 0.15) is 5.75 Å². The molecule has 1 aliphatic heterocycles. The Morgan fingerprint density at radius 2 is 2.03 bits per heavy atom. The van der Waals surface area contributed by atoms with E-state index in [0.29, 0.717) is 21.3 Å². The molecular weight excluding hydrogens is 408 g/mol. The van der Waals surface area contributed by atoms with Crippen LogP contribution in [0.3, 0.4) is 0 Å². The lowest BCUT2D eigenvalue weighted by Gasteiger charge is -2.24. The number of benzene rings is 1. The van der Waals surface area contributed by atoms with Crippen molar-refractivity contribution in [2.45, 2.75) is 19.9 Å². The number of amides is 1. The molecule has 0 unspecified atom stereocenters. The smallest absolute Gasteiger partial charge is 0.296 e. The minimum absolute atomic E-state index is 0.0520. The van der Waals surface area contributed by atoms with Crippen molar-refractivity contribution >= 4 is 39.5 Å². The second kappa shape index (κ2) is 7.46. The summed E-state index contributed by atoms with van der Waals surface area (Å²) >= 11 is 2.62. The first-order valence-electron chi connectivity index (χ1n) is 8.85. The van der Waals surface area contributed by atoms with Crippen LogP contribution in [0.5, 0.6) is 5.75 Å². The topological polar surface area (TPSA) is 79.7 Å². The lowest BCUT2D eigenvalue weighted by Crippen LogP contribution is -2.31. The minimum Gasteiger partial charge on any atom is -0.503 e. The van der Waals surface area contributed by atoms with Crippen molar-refractivity contribution in [1.82, 2.24) is 4.98 Å². The molecule has 1 N–H and O–H groups in total. The highest BCUT2D eigenvalue weighted by Crippen LogP contribution is 2.44. The number of ether oxygens (including phenoxy) is 1. The second-order valence-corrected chi connectivity index (χ2v) is 8.69. The Balaban J connectivity index is 1.90. The van der Waals surface area contributed by atoms with Gasteiger partial charge in [-0.3, -0.25) is 14.5 Å². The maximum atomic E-state index is 13.2. The number of carbonyl (C=O) groups is 2. The number of thiophene rings is 1. The van der Waals surface area contributed by atoms with Crippen LogP contribution in [0.15, 0.2) is 53.1 Å². The molecule has 0 bridgehead atoms. The molecule has 1 aliphatic rings. The molecule has 0 saturated carbocycles. The summed E-state index contributed by atoms with van der Waals surface area (Å²) in [5.74, 6) is -0.949. The molecule has 148 valence electrons. The SMILES string of the molecule is COc1cccc([C@@H]2C(C(=O)c3cccs3)=C(O)C(=O)N2c2nc(C)c(C)s2)c1. The van der Waals surface area contributed by atoms with E-state index in [-0.39, 0.29) is 11.4 Å². The first-order valence-corrected chi connectivity index (χ1v) is 10.5. The number of anilines is 1. The van der Waals surface area contributed by atoms with Crippen LogP contribution in [0.1, 0.15) is 31.8 Å². The van der Waals surface area contributed by atoms with Crippen molar-refractivity contribution < 1.29 is 19.4 Å². The van der Waals surface area contributed by atoms with Crippen LogP contribution in [0.2, 0.25) is 0 Å². The third kappa shape index (κ3) is 3.24. The van der Waals surface area contributed by atoms with Gasteiger partial charge in [0.2, 0.25) is 5.78 Å². The molecule has 6 nitrogen and oxygen atoms in total. The van der Waals surface area contributed by atoms with Crippen molar-refractivity contribution in [3.63, 3.8) is 0 Å². The number of aliphatic hydroxyl groups excluding tert-OH is 1. The van der Waals surface area contributed by atoms with Gasteiger partial charge < -0.3 is 9.84 Å². The molecule has 0 spiro atoms. The van der Waals surface area contributed by atoms with Gasteiger partial charge in [0.05, 0.1) is 29.3 Å². The second-order valence-electron chi connectivity index (χ2n) is 6.56. The number of aliphatic hydroxyl groups is 1. The Bertz CT molecular complexity index is 1110. The fraction of sp³-hybridized carbons (Fsp3) is 0.190. The van der Waals surface area contributed by atoms with E-state index in [9.17, 15) is 14.7 Å². The predicted molar refractivity (Wildman–Crippen MR) is 113 cm³/mol. The number of carbonyl (C=O) groups excluding carboxylic acids is 2. The summed E-state index contributed by atoms with van der Waals surface area (Å²) in [5.41, 5.74) is 1.52. The van der Waals surface area contributed by atoms with Crippen molar-refractivity contribution in [1.29, 1.82) is 0 Å². The third-order valence-electron chi connectivity index (χ3n) is 4.83. The Morgan fingerprint density at radius 1 is 1.24 bits per heavy atom. The molecule has 3 heterocycles. The van der Waals surface area contributed by atoms with E-state index in [1.54, 1.807) is 48.9 Å². The van der Waals surface area contributed by atoms with Crippen LogP contribution >= 0.6 is 22.7 Å². The summed E-state index contributed by atoms with van der Waals surface area (Å²) in [6, 6.07) is 9.79. The van der Waals surface area contributed by atoms with Crippen LogP contribution < -0.4 is 9.64 Å². The molecule has 0 radical (unpaired) electrons. The van der Waals surface area contributed by atoms with E-state index < -0.39 is 17.7 Å². The molecule has 1 amide bonds. The average Bonchev–Trinajstić information content (AvgIpc) is 3.42. The van der Waals surface area contributed by atoms with Crippen LogP contribution in [0, 0.1) is 13.8 Å². The molecule has 29 heavy (non-hydrogen) atoms. The quantitative estimate of drug-likeness (QED) is 0.603. The molecular formula is C21H18N2O4S2. The zero-order valence-electron chi connectivity index (χ0n) is 16.0. The fourth-order valence-electron chi connectivity index (χ4n) is 3.26. The number of aryl methyl sites for hydroxylation is 2. The fourth-order valence-corrected chi connectivity index (χ4v) is 4.88. The van der Waals surface area contributed by atoms with Crippen LogP contribution in [-0.4, -0.2) is 28.9 Å². The molecule has 2 aromatic heterocycles. The van der Waals surface area contributed by atoms with Gasteiger partial charge in [0, 0.05) is 4.88 Å². The predicted octanol–water partition coefficient (Wildman–Crippen LogP) is 4.61. The lowest BCUT2D eigenvalue weighted by atomic mass is 9.95. The third-order valence-corrected chi connectivity index (χ3v) is 6.77. The number of methoxy groups -OCH3 is 1. The highest BCUT2D eigenvalue weighted by Gasteiger charge is 2.46. The summed E-state index contributed by atoms with van der Waals surface area (Å²) in [6.45, 7) is 3.78. The van der Waals surface area contributed by atoms with E-state index in [4.69, 9.17) is 4.74 Å². The zero-order valence-corrected chi connectivity index (χ0v) is 17.6. The normalized spacial score (nSPS) is 16.6. The number of rotatable bonds is 5. The van der Waals surface area contributed by atoms with Gasteiger partial charge in [0.25, 0.3) is 5.91 Å². The molecule has 3 aromatic rings. The summed E-state index contributed by atoms with van der Waals surface area (Å²) < 4.78 is 5.32.